The van der Waals surface area contributed by atoms with Gasteiger partial charge in [-0.2, -0.15) is 0 Å². The molecule has 0 saturated carbocycles. The molecule has 90 valence electrons. The van der Waals surface area contributed by atoms with E-state index in [1.54, 1.807) is 6.07 Å². The smallest absolute Gasteiger partial charge is 0.168 e. The third-order valence-electron chi connectivity index (χ3n) is 2.89. The van der Waals surface area contributed by atoms with Crippen molar-refractivity contribution in [2.75, 3.05) is 12.4 Å². The summed E-state index contributed by atoms with van der Waals surface area (Å²) in [6.45, 7) is 4.31. The fourth-order valence-electron chi connectivity index (χ4n) is 1.62. The maximum Gasteiger partial charge on any atom is 0.168 e. The lowest BCUT2D eigenvalue weighted by molar-refractivity contribution is 0.376. The number of benzene rings is 1. The molecule has 0 heterocycles. The first kappa shape index (κ1) is 13.5. The van der Waals surface area contributed by atoms with Crippen LogP contribution in [0.5, 0.6) is 5.75 Å². The fourth-order valence-corrected chi connectivity index (χ4v) is 2.60. The number of halogens is 2. The maximum absolute atomic E-state index is 13.9. The molecule has 16 heavy (non-hydrogen) atoms. The summed E-state index contributed by atoms with van der Waals surface area (Å²) in [6.07, 6.45) is 0.742. The Morgan fingerprint density at radius 1 is 1.38 bits per heavy atom. The van der Waals surface area contributed by atoms with E-state index in [1.165, 1.54) is 7.11 Å². The van der Waals surface area contributed by atoms with Crippen LogP contribution in [-0.2, 0) is 6.42 Å². The van der Waals surface area contributed by atoms with E-state index in [0.29, 0.717) is 17.6 Å². The minimum atomic E-state index is -0.225. The van der Waals surface area contributed by atoms with E-state index in [1.807, 2.05) is 12.1 Å². The molecule has 0 saturated heterocycles. The molecule has 0 aliphatic heterocycles. The van der Waals surface area contributed by atoms with Gasteiger partial charge < -0.3 is 4.74 Å². The Balaban J connectivity index is 2.88. The number of alkyl halides is 1. The highest BCUT2D eigenvalue weighted by molar-refractivity contribution is 9.09. The molecule has 1 nitrogen and oxygen atoms in total. The molecular weight excluding hydrogens is 271 g/mol. The monoisotopic (exact) mass is 288 g/mol. The molecule has 0 aromatic heterocycles. The Kier molecular flexibility index (Phi) is 5.26. The Bertz CT molecular complexity index is 339. The van der Waals surface area contributed by atoms with Gasteiger partial charge in [0.05, 0.1) is 7.11 Å². The molecule has 1 aromatic rings. The third-order valence-corrected chi connectivity index (χ3v) is 3.72. The van der Waals surface area contributed by atoms with Gasteiger partial charge in [0.2, 0.25) is 0 Å². The van der Waals surface area contributed by atoms with E-state index in [9.17, 15) is 4.39 Å². The highest BCUT2D eigenvalue weighted by atomic mass is 79.9. The van der Waals surface area contributed by atoms with Crippen LogP contribution in [0.3, 0.4) is 0 Å². The molecule has 1 aromatic carbocycles. The molecule has 0 N–H and O–H groups in total. The Labute approximate surface area is 105 Å². The fraction of sp³-hybridized carbons (Fsp3) is 0.538. The van der Waals surface area contributed by atoms with Gasteiger partial charge >= 0.3 is 0 Å². The normalized spacial score (nSPS) is 12.9. The predicted octanol–water partition coefficient (Wildman–Crippen LogP) is 4.04. The predicted molar refractivity (Wildman–Crippen MR) is 68.8 cm³/mol. The Hall–Kier alpha value is -0.570. The van der Waals surface area contributed by atoms with Crippen LogP contribution in [0.15, 0.2) is 18.2 Å². The average molecular weight is 289 g/mol. The Morgan fingerprint density at radius 3 is 2.56 bits per heavy atom. The summed E-state index contributed by atoms with van der Waals surface area (Å²) in [4.78, 5) is 0. The quantitative estimate of drug-likeness (QED) is 0.743. The van der Waals surface area contributed by atoms with Crippen molar-refractivity contribution in [3.8, 4) is 5.75 Å². The molecule has 0 bridgehead atoms. The van der Waals surface area contributed by atoms with Crippen molar-refractivity contribution >= 4 is 15.9 Å². The van der Waals surface area contributed by atoms with E-state index in [4.69, 9.17) is 4.74 Å². The summed E-state index contributed by atoms with van der Waals surface area (Å²) >= 11 is 3.48. The van der Waals surface area contributed by atoms with Crippen LogP contribution in [-0.4, -0.2) is 12.4 Å². The lowest BCUT2D eigenvalue weighted by atomic mass is 9.91. The molecular formula is C13H18BrFO. The van der Waals surface area contributed by atoms with Crippen molar-refractivity contribution in [2.45, 2.75) is 20.3 Å². The van der Waals surface area contributed by atoms with Crippen molar-refractivity contribution in [1.82, 2.24) is 0 Å². The second-order valence-corrected chi connectivity index (χ2v) is 4.94. The summed E-state index contributed by atoms with van der Waals surface area (Å²) in [6, 6.07) is 5.32. The van der Waals surface area contributed by atoms with Gasteiger partial charge in [0.15, 0.2) is 11.6 Å². The average Bonchev–Trinajstić information content (AvgIpc) is 2.27. The van der Waals surface area contributed by atoms with Gasteiger partial charge in [-0.15, -0.1) is 0 Å². The first-order valence-corrected chi connectivity index (χ1v) is 6.59. The molecule has 0 fully saturated rings. The molecule has 1 rings (SSSR count). The van der Waals surface area contributed by atoms with Crippen LogP contribution < -0.4 is 4.74 Å². The second-order valence-electron chi connectivity index (χ2n) is 4.30. The van der Waals surface area contributed by atoms with Crippen molar-refractivity contribution in [2.24, 2.45) is 11.8 Å². The van der Waals surface area contributed by atoms with Crippen LogP contribution in [0.2, 0.25) is 0 Å². The second kappa shape index (κ2) is 6.24. The summed E-state index contributed by atoms with van der Waals surface area (Å²) < 4.78 is 18.9. The van der Waals surface area contributed by atoms with Crippen LogP contribution in [0.25, 0.3) is 0 Å². The molecule has 0 radical (unpaired) electrons. The van der Waals surface area contributed by atoms with Gasteiger partial charge in [-0.3, -0.25) is 0 Å². The van der Waals surface area contributed by atoms with Crippen LogP contribution in [0, 0.1) is 17.7 Å². The van der Waals surface area contributed by atoms with E-state index in [-0.39, 0.29) is 5.82 Å². The number of hydrogen-bond donors (Lipinski definition) is 0. The summed E-state index contributed by atoms with van der Waals surface area (Å²) in [5.74, 6) is 1.08. The SMILES string of the molecule is COc1cccc(CC(CBr)C(C)C)c1F. The van der Waals surface area contributed by atoms with E-state index >= 15 is 0 Å². The van der Waals surface area contributed by atoms with Gasteiger partial charge in [-0.1, -0.05) is 41.9 Å². The minimum Gasteiger partial charge on any atom is -0.494 e. The molecule has 0 aliphatic carbocycles. The maximum atomic E-state index is 13.9. The lowest BCUT2D eigenvalue weighted by Gasteiger charge is -2.18. The van der Waals surface area contributed by atoms with E-state index in [0.717, 1.165) is 17.3 Å². The lowest BCUT2D eigenvalue weighted by Crippen LogP contribution is -2.14. The minimum absolute atomic E-state index is 0.225. The highest BCUT2D eigenvalue weighted by Crippen LogP contribution is 2.25. The zero-order valence-electron chi connectivity index (χ0n) is 9.97. The number of rotatable bonds is 5. The summed E-state index contributed by atoms with van der Waals surface area (Å²) in [5, 5.41) is 0.890. The zero-order chi connectivity index (χ0) is 12.1. The molecule has 0 spiro atoms. The standard InChI is InChI=1S/C13H18BrFO/c1-9(2)11(8-14)7-10-5-4-6-12(16-3)13(10)15/h4-6,9,11H,7-8H2,1-3H3. The van der Waals surface area contributed by atoms with E-state index in [2.05, 4.69) is 29.8 Å². The summed E-state index contributed by atoms with van der Waals surface area (Å²) in [5.41, 5.74) is 0.734. The number of ether oxygens (including phenoxy) is 1. The first-order chi connectivity index (χ1) is 7.60. The van der Waals surface area contributed by atoms with Crippen molar-refractivity contribution in [3.05, 3.63) is 29.6 Å². The molecule has 0 amide bonds. The topological polar surface area (TPSA) is 9.23 Å². The molecule has 1 atom stereocenters. The van der Waals surface area contributed by atoms with Gasteiger partial charge in [-0.25, -0.2) is 4.39 Å². The van der Waals surface area contributed by atoms with Crippen molar-refractivity contribution in [1.29, 1.82) is 0 Å². The largest absolute Gasteiger partial charge is 0.494 e. The Morgan fingerprint density at radius 2 is 2.06 bits per heavy atom. The third kappa shape index (κ3) is 3.21. The van der Waals surface area contributed by atoms with Gasteiger partial charge in [0, 0.05) is 5.33 Å². The zero-order valence-corrected chi connectivity index (χ0v) is 11.6. The number of hydrogen-bond acceptors (Lipinski definition) is 1. The molecule has 0 aliphatic rings. The first-order valence-electron chi connectivity index (χ1n) is 5.47. The van der Waals surface area contributed by atoms with Gasteiger partial charge in [0.1, 0.15) is 0 Å². The highest BCUT2D eigenvalue weighted by Gasteiger charge is 2.16. The molecule has 3 heteroatoms. The molecule has 1 unspecified atom stereocenters. The van der Waals surface area contributed by atoms with Gasteiger partial charge in [-0.05, 0) is 29.9 Å². The summed E-state index contributed by atoms with van der Waals surface area (Å²) in [7, 11) is 1.49. The van der Waals surface area contributed by atoms with Crippen molar-refractivity contribution in [3.63, 3.8) is 0 Å². The van der Waals surface area contributed by atoms with Gasteiger partial charge in [0.25, 0.3) is 0 Å². The van der Waals surface area contributed by atoms with E-state index < -0.39 is 0 Å². The van der Waals surface area contributed by atoms with Crippen LogP contribution in [0.4, 0.5) is 4.39 Å². The van der Waals surface area contributed by atoms with Crippen molar-refractivity contribution < 1.29 is 9.13 Å². The van der Waals surface area contributed by atoms with Crippen LogP contribution >= 0.6 is 15.9 Å². The number of methoxy groups -OCH3 is 1. The van der Waals surface area contributed by atoms with Crippen LogP contribution in [0.1, 0.15) is 19.4 Å².